The van der Waals surface area contributed by atoms with Crippen LogP contribution in [-0.2, 0) is 11.2 Å². The molecule has 1 aromatic rings. The van der Waals surface area contributed by atoms with Crippen molar-refractivity contribution in [2.75, 3.05) is 13.7 Å². The summed E-state index contributed by atoms with van der Waals surface area (Å²) in [5.41, 5.74) is 8.12. The van der Waals surface area contributed by atoms with Gasteiger partial charge in [-0.2, -0.15) is 0 Å². The Labute approximate surface area is 127 Å². The lowest BCUT2D eigenvalue weighted by Crippen LogP contribution is -2.52. The van der Waals surface area contributed by atoms with Crippen LogP contribution < -0.4 is 10.5 Å². The van der Waals surface area contributed by atoms with Gasteiger partial charge in [0.2, 0.25) is 5.91 Å². The third-order valence-electron chi connectivity index (χ3n) is 4.30. The van der Waals surface area contributed by atoms with Crippen LogP contribution in [0.3, 0.4) is 0 Å². The summed E-state index contributed by atoms with van der Waals surface area (Å²) in [5, 5.41) is 0. The van der Waals surface area contributed by atoms with Crippen LogP contribution in [0.1, 0.15) is 37.3 Å². The van der Waals surface area contributed by atoms with Crippen LogP contribution >= 0.6 is 0 Å². The van der Waals surface area contributed by atoms with Crippen molar-refractivity contribution < 1.29 is 9.53 Å². The van der Waals surface area contributed by atoms with E-state index in [1.54, 1.807) is 7.11 Å². The standard InChI is InChI=1S/C17H26N2O2/c1-12-7-8-14(10-16(12)21-3)11-17(20)19-9-5-4-6-15(19)13(2)18/h7-8,10,13,15H,4-6,9,11,18H2,1-3H3/t13-,15+/m1/s1. The Morgan fingerprint density at radius 2 is 2.24 bits per heavy atom. The Bertz CT molecular complexity index is 500. The van der Waals surface area contributed by atoms with Gasteiger partial charge in [0.1, 0.15) is 5.75 Å². The maximum atomic E-state index is 12.6. The smallest absolute Gasteiger partial charge is 0.227 e. The van der Waals surface area contributed by atoms with Crippen molar-refractivity contribution in [3.05, 3.63) is 29.3 Å². The number of nitrogens with zero attached hydrogens (tertiary/aromatic N) is 1. The summed E-state index contributed by atoms with van der Waals surface area (Å²) in [5.74, 6) is 1.01. The van der Waals surface area contributed by atoms with Gasteiger partial charge in [0.05, 0.1) is 13.5 Å². The zero-order chi connectivity index (χ0) is 15.4. The van der Waals surface area contributed by atoms with E-state index in [0.717, 1.165) is 42.7 Å². The number of carbonyl (C=O) groups excluding carboxylic acids is 1. The third kappa shape index (κ3) is 3.76. The average Bonchev–Trinajstić information content (AvgIpc) is 2.49. The number of amides is 1. The summed E-state index contributed by atoms with van der Waals surface area (Å²) in [6.07, 6.45) is 3.67. The van der Waals surface area contributed by atoms with Gasteiger partial charge >= 0.3 is 0 Å². The molecule has 4 heteroatoms. The van der Waals surface area contributed by atoms with Crippen molar-refractivity contribution in [1.29, 1.82) is 0 Å². The summed E-state index contributed by atoms with van der Waals surface area (Å²) in [7, 11) is 1.66. The number of aryl methyl sites for hydroxylation is 1. The number of rotatable bonds is 4. The monoisotopic (exact) mass is 290 g/mol. The zero-order valence-electron chi connectivity index (χ0n) is 13.3. The lowest BCUT2D eigenvalue weighted by atomic mass is 9.96. The first-order chi connectivity index (χ1) is 10.0. The van der Waals surface area contributed by atoms with E-state index in [0.29, 0.717) is 6.42 Å². The van der Waals surface area contributed by atoms with Crippen molar-refractivity contribution in [1.82, 2.24) is 4.90 Å². The number of nitrogens with two attached hydrogens (primary N) is 1. The molecule has 2 N–H and O–H groups in total. The maximum absolute atomic E-state index is 12.6. The highest BCUT2D eigenvalue weighted by atomic mass is 16.5. The van der Waals surface area contributed by atoms with E-state index in [1.165, 1.54) is 0 Å². The van der Waals surface area contributed by atoms with E-state index in [9.17, 15) is 4.79 Å². The van der Waals surface area contributed by atoms with E-state index >= 15 is 0 Å². The fourth-order valence-corrected chi connectivity index (χ4v) is 3.06. The average molecular weight is 290 g/mol. The van der Waals surface area contributed by atoms with E-state index in [1.807, 2.05) is 36.9 Å². The summed E-state index contributed by atoms with van der Waals surface area (Å²) in [6, 6.07) is 6.17. The van der Waals surface area contributed by atoms with Gasteiger partial charge in [-0.1, -0.05) is 12.1 Å². The molecule has 1 aliphatic heterocycles. The molecular formula is C17H26N2O2. The second kappa shape index (κ2) is 6.94. The number of benzene rings is 1. The normalized spacial score (nSPS) is 20.2. The largest absolute Gasteiger partial charge is 0.496 e. The molecule has 1 aromatic carbocycles. The molecule has 1 heterocycles. The molecular weight excluding hydrogens is 264 g/mol. The van der Waals surface area contributed by atoms with E-state index in [2.05, 4.69) is 0 Å². The van der Waals surface area contributed by atoms with Crippen LogP contribution in [-0.4, -0.2) is 36.5 Å². The molecule has 1 saturated heterocycles. The van der Waals surface area contributed by atoms with Crippen LogP contribution in [0.4, 0.5) is 0 Å². The Morgan fingerprint density at radius 1 is 1.48 bits per heavy atom. The number of hydrogen-bond acceptors (Lipinski definition) is 3. The predicted molar refractivity (Wildman–Crippen MR) is 84.4 cm³/mol. The van der Waals surface area contributed by atoms with Crippen molar-refractivity contribution in [3.63, 3.8) is 0 Å². The minimum absolute atomic E-state index is 0.0294. The molecule has 1 fully saturated rings. The Balaban J connectivity index is 2.09. The highest BCUT2D eigenvalue weighted by Crippen LogP contribution is 2.22. The number of ether oxygens (including phenoxy) is 1. The molecule has 0 unspecified atom stereocenters. The third-order valence-corrected chi connectivity index (χ3v) is 4.30. The molecule has 0 aromatic heterocycles. The van der Waals surface area contributed by atoms with Crippen molar-refractivity contribution >= 4 is 5.91 Å². The maximum Gasteiger partial charge on any atom is 0.227 e. The lowest BCUT2D eigenvalue weighted by molar-refractivity contribution is -0.134. The molecule has 1 aliphatic rings. The molecule has 21 heavy (non-hydrogen) atoms. The zero-order valence-corrected chi connectivity index (χ0v) is 13.3. The van der Waals surface area contributed by atoms with E-state index in [4.69, 9.17) is 10.5 Å². The Hall–Kier alpha value is -1.55. The first kappa shape index (κ1) is 15.8. The topological polar surface area (TPSA) is 55.6 Å². The molecule has 0 spiro atoms. The van der Waals surface area contributed by atoms with Crippen LogP contribution in [0.2, 0.25) is 0 Å². The van der Waals surface area contributed by atoms with Gasteiger partial charge < -0.3 is 15.4 Å². The highest BCUT2D eigenvalue weighted by Gasteiger charge is 2.29. The molecule has 0 bridgehead atoms. The van der Waals surface area contributed by atoms with Gasteiger partial charge in [-0.3, -0.25) is 4.79 Å². The van der Waals surface area contributed by atoms with Gasteiger partial charge in [0, 0.05) is 18.6 Å². The minimum atomic E-state index is 0.0294. The molecule has 2 rings (SSSR count). The van der Waals surface area contributed by atoms with Crippen LogP contribution in [0, 0.1) is 6.92 Å². The number of carbonyl (C=O) groups is 1. The van der Waals surface area contributed by atoms with Gasteiger partial charge in [-0.15, -0.1) is 0 Å². The summed E-state index contributed by atoms with van der Waals surface area (Å²) < 4.78 is 5.33. The SMILES string of the molecule is COc1cc(CC(=O)N2CCCC[C@H]2[C@@H](C)N)ccc1C. The molecule has 4 nitrogen and oxygen atoms in total. The van der Waals surface area contributed by atoms with Crippen molar-refractivity contribution in [2.24, 2.45) is 5.73 Å². The Morgan fingerprint density at radius 3 is 2.90 bits per heavy atom. The Kier molecular flexibility index (Phi) is 5.23. The first-order valence-electron chi connectivity index (χ1n) is 7.71. The van der Waals surface area contributed by atoms with Crippen LogP contribution in [0.15, 0.2) is 18.2 Å². The fraction of sp³-hybridized carbons (Fsp3) is 0.588. The molecule has 1 amide bonds. The second-order valence-corrected chi connectivity index (χ2v) is 5.99. The van der Waals surface area contributed by atoms with Gasteiger partial charge in [0.25, 0.3) is 0 Å². The van der Waals surface area contributed by atoms with Gasteiger partial charge in [0.15, 0.2) is 0 Å². The quantitative estimate of drug-likeness (QED) is 0.925. The molecule has 0 saturated carbocycles. The highest BCUT2D eigenvalue weighted by molar-refractivity contribution is 5.79. The molecule has 2 atom stereocenters. The van der Waals surface area contributed by atoms with Gasteiger partial charge in [-0.25, -0.2) is 0 Å². The molecule has 0 radical (unpaired) electrons. The van der Waals surface area contributed by atoms with E-state index < -0.39 is 0 Å². The number of hydrogen-bond donors (Lipinski definition) is 1. The van der Waals surface area contributed by atoms with E-state index in [-0.39, 0.29) is 18.0 Å². The first-order valence-corrected chi connectivity index (χ1v) is 7.71. The summed E-state index contributed by atoms with van der Waals surface area (Å²) >= 11 is 0. The molecule has 0 aliphatic carbocycles. The number of likely N-dealkylation sites (tertiary alicyclic amines) is 1. The van der Waals surface area contributed by atoms with Gasteiger partial charge in [-0.05, 0) is 50.3 Å². The van der Waals surface area contributed by atoms with Crippen LogP contribution in [0.25, 0.3) is 0 Å². The minimum Gasteiger partial charge on any atom is -0.496 e. The lowest BCUT2D eigenvalue weighted by Gasteiger charge is -2.38. The fourth-order valence-electron chi connectivity index (χ4n) is 3.06. The van der Waals surface area contributed by atoms with Crippen LogP contribution in [0.5, 0.6) is 5.75 Å². The van der Waals surface area contributed by atoms with Crippen molar-refractivity contribution in [3.8, 4) is 5.75 Å². The van der Waals surface area contributed by atoms with Crippen molar-refractivity contribution in [2.45, 2.75) is 51.6 Å². The predicted octanol–water partition coefficient (Wildman–Crippen LogP) is 2.27. The number of piperidine rings is 1. The summed E-state index contributed by atoms with van der Waals surface area (Å²) in [4.78, 5) is 14.6. The number of methoxy groups -OCH3 is 1. The summed E-state index contributed by atoms with van der Waals surface area (Å²) in [6.45, 7) is 4.82. The molecule has 116 valence electrons. The second-order valence-electron chi connectivity index (χ2n) is 5.99.